The summed E-state index contributed by atoms with van der Waals surface area (Å²) >= 11 is 1.68. The van der Waals surface area contributed by atoms with E-state index in [1.54, 1.807) is 18.4 Å². The first-order valence-corrected chi connectivity index (χ1v) is 8.34. The van der Waals surface area contributed by atoms with E-state index in [1.807, 2.05) is 30.5 Å². The summed E-state index contributed by atoms with van der Waals surface area (Å²) in [6.07, 6.45) is 1.88. The van der Waals surface area contributed by atoms with E-state index in [1.165, 1.54) is 4.88 Å². The molecule has 2 aromatic heterocycles. The summed E-state index contributed by atoms with van der Waals surface area (Å²) in [5, 5.41) is 8.77. The minimum atomic E-state index is 0.0200. The summed E-state index contributed by atoms with van der Waals surface area (Å²) in [5.74, 6) is 1.62. The minimum absolute atomic E-state index is 0.0200. The Hall–Kier alpha value is -2.34. The van der Waals surface area contributed by atoms with Crippen LogP contribution in [-0.4, -0.2) is 18.0 Å². The first-order chi connectivity index (χ1) is 11.2. The number of hydrogen-bond donors (Lipinski definition) is 2. The maximum absolute atomic E-state index is 5.89. The molecule has 1 aromatic carbocycles. The molecule has 2 N–H and O–H groups in total. The second-order valence-electron chi connectivity index (χ2n) is 5.34. The maximum atomic E-state index is 5.89. The van der Waals surface area contributed by atoms with Gasteiger partial charge in [0.05, 0.1) is 12.6 Å². The van der Waals surface area contributed by atoms with Crippen molar-refractivity contribution in [3.8, 4) is 0 Å². The molecule has 120 valence electrons. The molecule has 0 saturated heterocycles. The lowest BCUT2D eigenvalue weighted by atomic mass is 10.2. The van der Waals surface area contributed by atoms with Crippen LogP contribution in [0, 0.1) is 6.92 Å². The van der Waals surface area contributed by atoms with E-state index in [2.05, 4.69) is 40.5 Å². The minimum Gasteiger partial charge on any atom is -0.459 e. The van der Waals surface area contributed by atoms with Gasteiger partial charge in [0.2, 0.25) is 0 Å². The van der Waals surface area contributed by atoms with Crippen molar-refractivity contribution in [1.29, 1.82) is 0 Å². The lowest BCUT2D eigenvalue weighted by molar-refractivity contribution is 0.488. The summed E-state index contributed by atoms with van der Waals surface area (Å²) in [6, 6.07) is 10.1. The Balaban J connectivity index is 1.63. The summed E-state index contributed by atoms with van der Waals surface area (Å²) in [6.45, 7) is 4.76. The normalized spacial score (nSPS) is 13.3. The predicted molar refractivity (Wildman–Crippen MR) is 94.8 cm³/mol. The number of rotatable bonds is 4. The first-order valence-electron chi connectivity index (χ1n) is 7.52. The van der Waals surface area contributed by atoms with Gasteiger partial charge < -0.3 is 15.1 Å². The number of furan rings is 1. The maximum Gasteiger partial charge on any atom is 0.191 e. The van der Waals surface area contributed by atoms with Crippen molar-refractivity contribution in [2.75, 3.05) is 7.05 Å². The largest absolute Gasteiger partial charge is 0.459 e. The smallest absolute Gasteiger partial charge is 0.191 e. The van der Waals surface area contributed by atoms with E-state index in [4.69, 9.17) is 4.42 Å². The topological polar surface area (TPSA) is 62.5 Å². The van der Waals surface area contributed by atoms with Crippen molar-refractivity contribution in [2.45, 2.75) is 26.4 Å². The number of nitrogens with one attached hydrogen (secondary N) is 2. The highest BCUT2D eigenvalue weighted by atomic mass is 32.1. The zero-order valence-electron chi connectivity index (χ0n) is 13.5. The average Bonchev–Trinajstić information content (AvgIpc) is 3.17. The monoisotopic (exact) mass is 328 g/mol. The molecule has 0 fully saturated rings. The van der Waals surface area contributed by atoms with Crippen LogP contribution in [0.3, 0.4) is 0 Å². The van der Waals surface area contributed by atoms with Gasteiger partial charge in [-0.15, -0.1) is 11.3 Å². The molecule has 3 rings (SSSR count). The van der Waals surface area contributed by atoms with Crippen molar-refractivity contribution in [2.24, 2.45) is 4.99 Å². The molecule has 0 aliphatic rings. The molecule has 0 spiro atoms. The SMILES string of the molecule is CN=C(NCc1ncc(C)s1)NC(C)c1cc2ccccc2o1. The Kier molecular flexibility index (Phi) is 4.62. The second kappa shape index (κ2) is 6.83. The number of para-hydroxylation sites is 1. The Labute approximate surface area is 139 Å². The van der Waals surface area contributed by atoms with Gasteiger partial charge in [-0.25, -0.2) is 4.98 Å². The van der Waals surface area contributed by atoms with Crippen LogP contribution in [0.25, 0.3) is 11.0 Å². The number of nitrogens with zero attached hydrogens (tertiary/aromatic N) is 2. The number of aryl methyl sites for hydroxylation is 1. The summed E-state index contributed by atoms with van der Waals surface area (Å²) < 4.78 is 5.89. The van der Waals surface area contributed by atoms with Crippen molar-refractivity contribution >= 4 is 28.3 Å². The average molecular weight is 328 g/mol. The van der Waals surface area contributed by atoms with Crippen molar-refractivity contribution in [3.05, 3.63) is 52.2 Å². The molecule has 0 amide bonds. The van der Waals surface area contributed by atoms with Gasteiger partial charge in [-0.1, -0.05) is 18.2 Å². The molecule has 0 bridgehead atoms. The van der Waals surface area contributed by atoms with Crippen molar-refractivity contribution in [1.82, 2.24) is 15.6 Å². The number of guanidine groups is 1. The number of aromatic nitrogens is 1. The van der Waals surface area contributed by atoms with E-state index in [-0.39, 0.29) is 6.04 Å². The van der Waals surface area contributed by atoms with E-state index < -0.39 is 0 Å². The van der Waals surface area contributed by atoms with Crippen molar-refractivity contribution < 1.29 is 4.42 Å². The number of thiazole rings is 1. The third-order valence-corrected chi connectivity index (χ3v) is 4.44. The summed E-state index contributed by atoms with van der Waals surface area (Å²) in [5.41, 5.74) is 0.900. The van der Waals surface area contributed by atoms with E-state index in [0.717, 1.165) is 27.7 Å². The van der Waals surface area contributed by atoms with Crippen LogP contribution in [0.5, 0.6) is 0 Å². The Morgan fingerprint density at radius 2 is 2.22 bits per heavy atom. The molecule has 23 heavy (non-hydrogen) atoms. The van der Waals surface area contributed by atoms with Gasteiger partial charge in [0.1, 0.15) is 16.4 Å². The van der Waals surface area contributed by atoms with Gasteiger partial charge in [-0.05, 0) is 26.0 Å². The van der Waals surface area contributed by atoms with Gasteiger partial charge in [-0.3, -0.25) is 4.99 Å². The fourth-order valence-corrected chi connectivity index (χ4v) is 3.06. The highest BCUT2D eigenvalue weighted by Gasteiger charge is 2.13. The van der Waals surface area contributed by atoms with E-state index in [9.17, 15) is 0 Å². The number of aliphatic imine (C=N–C) groups is 1. The van der Waals surface area contributed by atoms with Crippen LogP contribution in [0.15, 0.2) is 45.9 Å². The van der Waals surface area contributed by atoms with Crippen LogP contribution in [0.4, 0.5) is 0 Å². The zero-order valence-corrected chi connectivity index (χ0v) is 14.3. The molecule has 2 heterocycles. The van der Waals surface area contributed by atoms with Crippen LogP contribution in [0.2, 0.25) is 0 Å². The molecule has 1 atom stereocenters. The van der Waals surface area contributed by atoms with Gasteiger partial charge in [0.15, 0.2) is 5.96 Å². The fourth-order valence-electron chi connectivity index (χ4n) is 2.33. The molecule has 5 nitrogen and oxygen atoms in total. The molecule has 0 saturated carbocycles. The number of fused-ring (bicyclic) bond motifs is 1. The van der Waals surface area contributed by atoms with Crippen LogP contribution in [0.1, 0.15) is 28.6 Å². The van der Waals surface area contributed by atoms with Gasteiger partial charge >= 0.3 is 0 Å². The predicted octanol–water partition coefficient (Wildman–Crippen LogP) is 3.62. The number of benzene rings is 1. The van der Waals surface area contributed by atoms with E-state index >= 15 is 0 Å². The highest BCUT2D eigenvalue weighted by molar-refractivity contribution is 7.11. The second-order valence-corrected chi connectivity index (χ2v) is 6.66. The van der Waals surface area contributed by atoms with Crippen molar-refractivity contribution in [3.63, 3.8) is 0 Å². The molecular weight excluding hydrogens is 308 g/mol. The quantitative estimate of drug-likeness (QED) is 0.567. The Bertz CT molecular complexity index is 788. The molecule has 0 radical (unpaired) electrons. The third-order valence-electron chi connectivity index (χ3n) is 3.52. The zero-order chi connectivity index (χ0) is 16.2. The molecule has 0 aliphatic heterocycles. The molecular formula is C17H20N4OS. The van der Waals surface area contributed by atoms with Gasteiger partial charge in [-0.2, -0.15) is 0 Å². The molecule has 1 unspecified atom stereocenters. The molecule has 0 aliphatic carbocycles. The third kappa shape index (κ3) is 3.71. The fraction of sp³-hybridized carbons (Fsp3) is 0.294. The van der Waals surface area contributed by atoms with Crippen LogP contribution in [-0.2, 0) is 6.54 Å². The highest BCUT2D eigenvalue weighted by Crippen LogP contribution is 2.23. The Morgan fingerprint density at radius 1 is 1.39 bits per heavy atom. The summed E-state index contributed by atoms with van der Waals surface area (Å²) in [4.78, 5) is 9.81. The van der Waals surface area contributed by atoms with Crippen LogP contribution < -0.4 is 10.6 Å². The Morgan fingerprint density at radius 3 is 2.91 bits per heavy atom. The number of hydrogen-bond acceptors (Lipinski definition) is 4. The van der Waals surface area contributed by atoms with E-state index in [0.29, 0.717) is 6.54 Å². The van der Waals surface area contributed by atoms with Gasteiger partial charge in [0, 0.05) is 23.5 Å². The standard InChI is InChI=1S/C17H20N4OS/c1-11-9-19-16(23-11)10-20-17(18-3)21-12(2)15-8-13-6-4-5-7-14(13)22-15/h4-9,12H,10H2,1-3H3,(H2,18,20,21). The first kappa shape index (κ1) is 15.6. The summed E-state index contributed by atoms with van der Waals surface area (Å²) in [7, 11) is 1.76. The lowest BCUT2D eigenvalue weighted by Gasteiger charge is -2.15. The lowest BCUT2D eigenvalue weighted by Crippen LogP contribution is -2.38. The van der Waals surface area contributed by atoms with Crippen LogP contribution >= 0.6 is 11.3 Å². The molecule has 3 aromatic rings. The van der Waals surface area contributed by atoms with Gasteiger partial charge in [0.25, 0.3) is 0 Å². The molecule has 6 heteroatoms.